The second-order valence-corrected chi connectivity index (χ2v) is 6.23. The number of nitrogens with two attached hydrogens (primary N) is 1. The van der Waals surface area contributed by atoms with Crippen LogP contribution in [-0.4, -0.2) is 31.1 Å². The zero-order valence-electron chi connectivity index (χ0n) is 11.1. The van der Waals surface area contributed by atoms with Crippen LogP contribution in [-0.2, 0) is 0 Å². The SMILES string of the molecule is CCC1(CC)CCN(CC2(CN)CCC2)C1. The van der Waals surface area contributed by atoms with Gasteiger partial charge in [-0.2, -0.15) is 0 Å². The van der Waals surface area contributed by atoms with Gasteiger partial charge in [0.05, 0.1) is 0 Å². The maximum absolute atomic E-state index is 5.95. The lowest BCUT2D eigenvalue weighted by molar-refractivity contribution is 0.0793. The van der Waals surface area contributed by atoms with E-state index in [2.05, 4.69) is 18.7 Å². The summed E-state index contributed by atoms with van der Waals surface area (Å²) in [5.41, 5.74) is 7.07. The van der Waals surface area contributed by atoms with E-state index in [1.54, 1.807) is 0 Å². The highest BCUT2D eigenvalue weighted by Gasteiger charge is 2.41. The van der Waals surface area contributed by atoms with Crippen molar-refractivity contribution >= 4 is 0 Å². The normalized spacial score (nSPS) is 27.9. The van der Waals surface area contributed by atoms with Crippen LogP contribution in [0, 0.1) is 10.8 Å². The zero-order chi connectivity index (χ0) is 11.6. The number of hydrogen-bond donors (Lipinski definition) is 1. The second kappa shape index (κ2) is 4.66. The molecule has 0 aromatic carbocycles. The van der Waals surface area contributed by atoms with Crippen molar-refractivity contribution < 1.29 is 0 Å². The van der Waals surface area contributed by atoms with Gasteiger partial charge in [-0.15, -0.1) is 0 Å². The van der Waals surface area contributed by atoms with Crippen LogP contribution in [0.25, 0.3) is 0 Å². The van der Waals surface area contributed by atoms with Gasteiger partial charge in [0, 0.05) is 13.1 Å². The molecule has 94 valence electrons. The molecule has 0 bridgehead atoms. The Hall–Kier alpha value is -0.0800. The molecule has 0 aromatic heterocycles. The summed E-state index contributed by atoms with van der Waals surface area (Å²) in [6, 6.07) is 0. The fourth-order valence-corrected chi connectivity index (χ4v) is 3.57. The van der Waals surface area contributed by atoms with Crippen molar-refractivity contribution in [2.24, 2.45) is 16.6 Å². The Morgan fingerprint density at radius 1 is 1.06 bits per heavy atom. The third kappa shape index (κ3) is 2.14. The predicted octanol–water partition coefficient (Wildman–Crippen LogP) is 2.63. The summed E-state index contributed by atoms with van der Waals surface area (Å²) in [7, 11) is 0. The molecular formula is C14H28N2. The minimum absolute atomic E-state index is 0.498. The lowest BCUT2D eigenvalue weighted by atomic mass is 9.68. The van der Waals surface area contributed by atoms with Gasteiger partial charge in [-0.1, -0.05) is 20.3 Å². The topological polar surface area (TPSA) is 29.3 Å². The molecule has 0 atom stereocenters. The Morgan fingerprint density at radius 2 is 1.75 bits per heavy atom. The minimum Gasteiger partial charge on any atom is -0.330 e. The van der Waals surface area contributed by atoms with Crippen LogP contribution in [0.5, 0.6) is 0 Å². The summed E-state index contributed by atoms with van der Waals surface area (Å²) in [6.07, 6.45) is 8.22. The number of hydrogen-bond acceptors (Lipinski definition) is 2. The first-order chi connectivity index (χ1) is 7.67. The maximum Gasteiger partial charge on any atom is 0.00503 e. The molecule has 1 aliphatic heterocycles. The molecule has 0 radical (unpaired) electrons. The predicted molar refractivity (Wildman–Crippen MR) is 69.4 cm³/mol. The lowest BCUT2D eigenvalue weighted by Gasteiger charge is -2.44. The summed E-state index contributed by atoms with van der Waals surface area (Å²) < 4.78 is 0. The molecule has 2 aliphatic rings. The van der Waals surface area contributed by atoms with Gasteiger partial charge in [-0.05, 0) is 56.0 Å². The summed E-state index contributed by atoms with van der Waals surface area (Å²) in [4.78, 5) is 2.69. The molecule has 2 N–H and O–H groups in total. The van der Waals surface area contributed by atoms with Crippen molar-refractivity contribution in [3.05, 3.63) is 0 Å². The highest BCUT2D eigenvalue weighted by atomic mass is 15.2. The Bertz CT molecular complexity index is 223. The van der Waals surface area contributed by atoms with Crippen molar-refractivity contribution in [3.63, 3.8) is 0 Å². The molecule has 1 saturated carbocycles. The fourth-order valence-electron chi connectivity index (χ4n) is 3.57. The quantitative estimate of drug-likeness (QED) is 0.778. The Morgan fingerprint density at radius 3 is 2.12 bits per heavy atom. The van der Waals surface area contributed by atoms with Crippen molar-refractivity contribution in [1.29, 1.82) is 0 Å². The second-order valence-electron chi connectivity index (χ2n) is 6.23. The lowest BCUT2D eigenvalue weighted by Crippen LogP contribution is -2.46. The summed E-state index contributed by atoms with van der Waals surface area (Å²) in [5, 5.41) is 0. The molecule has 2 nitrogen and oxygen atoms in total. The molecule has 0 spiro atoms. The van der Waals surface area contributed by atoms with E-state index in [1.165, 1.54) is 58.2 Å². The Balaban J connectivity index is 1.89. The monoisotopic (exact) mass is 224 g/mol. The average molecular weight is 224 g/mol. The van der Waals surface area contributed by atoms with Gasteiger partial charge in [-0.3, -0.25) is 0 Å². The van der Waals surface area contributed by atoms with Gasteiger partial charge in [-0.25, -0.2) is 0 Å². The number of rotatable bonds is 5. The van der Waals surface area contributed by atoms with Gasteiger partial charge in [0.1, 0.15) is 0 Å². The van der Waals surface area contributed by atoms with Crippen LogP contribution < -0.4 is 5.73 Å². The van der Waals surface area contributed by atoms with Crippen molar-refractivity contribution in [2.45, 2.75) is 52.4 Å². The number of likely N-dealkylation sites (tertiary alicyclic amines) is 1. The number of nitrogens with zero attached hydrogens (tertiary/aromatic N) is 1. The van der Waals surface area contributed by atoms with Gasteiger partial charge in [0.25, 0.3) is 0 Å². The van der Waals surface area contributed by atoms with Crippen LogP contribution >= 0.6 is 0 Å². The van der Waals surface area contributed by atoms with Crippen LogP contribution in [0.4, 0.5) is 0 Å². The highest BCUT2D eigenvalue weighted by Crippen LogP contribution is 2.44. The summed E-state index contributed by atoms with van der Waals surface area (Å²) in [6.45, 7) is 9.51. The van der Waals surface area contributed by atoms with Gasteiger partial charge >= 0.3 is 0 Å². The van der Waals surface area contributed by atoms with Crippen molar-refractivity contribution in [2.75, 3.05) is 26.2 Å². The molecule has 1 saturated heterocycles. The first-order valence-corrected chi connectivity index (χ1v) is 7.10. The largest absolute Gasteiger partial charge is 0.330 e. The fraction of sp³-hybridized carbons (Fsp3) is 1.00. The van der Waals surface area contributed by atoms with E-state index in [-0.39, 0.29) is 0 Å². The van der Waals surface area contributed by atoms with Crippen LogP contribution in [0.3, 0.4) is 0 Å². The standard InChI is InChI=1S/C14H28N2/c1-3-13(4-2)8-9-16(11-13)12-14(10-15)6-5-7-14/h3-12,15H2,1-2H3. The molecule has 0 aromatic rings. The Kier molecular flexibility index (Phi) is 3.60. The van der Waals surface area contributed by atoms with E-state index >= 15 is 0 Å². The van der Waals surface area contributed by atoms with Crippen LogP contribution in [0.15, 0.2) is 0 Å². The van der Waals surface area contributed by atoms with E-state index in [9.17, 15) is 0 Å². The maximum atomic E-state index is 5.95. The summed E-state index contributed by atoms with van der Waals surface area (Å²) in [5.74, 6) is 0. The molecule has 1 aliphatic carbocycles. The smallest absolute Gasteiger partial charge is 0.00503 e. The van der Waals surface area contributed by atoms with E-state index in [1.807, 2.05) is 0 Å². The van der Waals surface area contributed by atoms with Gasteiger partial charge < -0.3 is 10.6 Å². The van der Waals surface area contributed by atoms with E-state index in [4.69, 9.17) is 5.73 Å². The molecule has 2 fully saturated rings. The van der Waals surface area contributed by atoms with Crippen molar-refractivity contribution in [3.8, 4) is 0 Å². The summed E-state index contributed by atoms with van der Waals surface area (Å²) >= 11 is 0. The first kappa shape index (κ1) is 12.4. The van der Waals surface area contributed by atoms with Crippen molar-refractivity contribution in [1.82, 2.24) is 4.90 Å². The molecule has 0 amide bonds. The average Bonchev–Trinajstić information content (AvgIpc) is 2.68. The Labute approximate surface area is 101 Å². The van der Waals surface area contributed by atoms with Gasteiger partial charge in [0.15, 0.2) is 0 Å². The van der Waals surface area contributed by atoms with Gasteiger partial charge in [0.2, 0.25) is 0 Å². The van der Waals surface area contributed by atoms with E-state index < -0.39 is 0 Å². The minimum atomic E-state index is 0.498. The third-order valence-electron chi connectivity index (χ3n) is 5.42. The zero-order valence-corrected chi connectivity index (χ0v) is 11.1. The molecular weight excluding hydrogens is 196 g/mol. The highest BCUT2D eigenvalue weighted by molar-refractivity contribution is 4.95. The molecule has 16 heavy (non-hydrogen) atoms. The molecule has 2 heteroatoms. The van der Waals surface area contributed by atoms with Crippen LogP contribution in [0.1, 0.15) is 52.4 Å². The molecule has 1 heterocycles. The third-order valence-corrected chi connectivity index (χ3v) is 5.42. The van der Waals surface area contributed by atoms with Crippen LogP contribution in [0.2, 0.25) is 0 Å². The molecule has 2 rings (SSSR count). The van der Waals surface area contributed by atoms with E-state index in [0.717, 1.165) is 6.54 Å². The first-order valence-electron chi connectivity index (χ1n) is 7.10. The van der Waals surface area contributed by atoms with E-state index in [0.29, 0.717) is 10.8 Å². The molecule has 0 unspecified atom stereocenters.